The van der Waals surface area contributed by atoms with Crippen LogP contribution >= 0.6 is 0 Å². The van der Waals surface area contributed by atoms with Gasteiger partial charge in [-0.15, -0.1) is 0 Å². The van der Waals surface area contributed by atoms with E-state index >= 15 is 0 Å². The molecular weight excluding hydrogens is 160 g/mol. The summed E-state index contributed by atoms with van der Waals surface area (Å²) in [6.07, 6.45) is 3.61. The van der Waals surface area contributed by atoms with Gasteiger partial charge in [0.05, 0.1) is 0 Å². The van der Waals surface area contributed by atoms with E-state index in [4.69, 9.17) is 5.73 Å². The minimum Gasteiger partial charge on any atom is -0.327 e. The molecule has 2 nitrogen and oxygen atoms in total. The molecule has 1 saturated carbocycles. The van der Waals surface area contributed by atoms with Crippen LogP contribution in [0.25, 0.3) is 0 Å². The van der Waals surface area contributed by atoms with Crippen LogP contribution in [0.5, 0.6) is 0 Å². The van der Waals surface area contributed by atoms with Gasteiger partial charge in [0.25, 0.3) is 0 Å². The van der Waals surface area contributed by atoms with Crippen molar-refractivity contribution < 1.29 is 0 Å². The zero-order chi connectivity index (χ0) is 9.26. The molecule has 2 rings (SSSR count). The molecule has 1 aliphatic carbocycles. The van der Waals surface area contributed by atoms with Crippen molar-refractivity contribution in [3.8, 4) is 0 Å². The summed E-state index contributed by atoms with van der Waals surface area (Å²) >= 11 is 0. The fourth-order valence-electron chi connectivity index (χ4n) is 2.13. The van der Waals surface area contributed by atoms with Gasteiger partial charge >= 0.3 is 0 Å². The van der Waals surface area contributed by atoms with Crippen molar-refractivity contribution in [3.63, 3.8) is 0 Å². The molecule has 1 aliphatic rings. The van der Waals surface area contributed by atoms with Crippen LogP contribution in [0.1, 0.15) is 36.6 Å². The maximum Gasteiger partial charge on any atom is 0.0453 e. The lowest BCUT2D eigenvalue weighted by Gasteiger charge is -2.14. The van der Waals surface area contributed by atoms with E-state index in [0.29, 0.717) is 12.0 Å². The molecule has 0 aliphatic heterocycles. The molecule has 0 spiro atoms. The maximum absolute atomic E-state index is 6.02. The second kappa shape index (κ2) is 3.46. The van der Waals surface area contributed by atoms with Crippen LogP contribution in [0.15, 0.2) is 18.2 Å². The molecule has 0 radical (unpaired) electrons. The molecule has 1 heterocycles. The van der Waals surface area contributed by atoms with Crippen LogP contribution in [0, 0.1) is 6.92 Å². The van der Waals surface area contributed by atoms with Crippen molar-refractivity contribution >= 4 is 0 Å². The molecular formula is C11H16N2. The van der Waals surface area contributed by atoms with Crippen molar-refractivity contribution in [1.82, 2.24) is 4.98 Å². The molecule has 13 heavy (non-hydrogen) atoms. The molecule has 1 fully saturated rings. The van der Waals surface area contributed by atoms with Crippen molar-refractivity contribution in [2.45, 2.75) is 38.1 Å². The standard InChI is InChI=1S/C11H16N2/c1-8-4-2-7-11(13-8)9-5-3-6-10(9)12/h2,4,7,9-10H,3,5-6,12H2,1H3. The topological polar surface area (TPSA) is 38.9 Å². The molecule has 2 N–H and O–H groups in total. The first-order valence-electron chi connectivity index (χ1n) is 4.96. The van der Waals surface area contributed by atoms with Crippen molar-refractivity contribution in [3.05, 3.63) is 29.6 Å². The Balaban J connectivity index is 2.24. The van der Waals surface area contributed by atoms with E-state index in [-0.39, 0.29) is 0 Å². The Kier molecular flexibility index (Phi) is 2.32. The summed E-state index contributed by atoms with van der Waals surface area (Å²) in [6.45, 7) is 2.03. The molecule has 2 unspecified atom stereocenters. The largest absolute Gasteiger partial charge is 0.327 e. The number of hydrogen-bond donors (Lipinski definition) is 1. The van der Waals surface area contributed by atoms with Gasteiger partial charge in [-0.2, -0.15) is 0 Å². The smallest absolute Gasteiger partial charge is 0.0453 e. The fourth-order valence-corrected chi connectivity index (χ4v) is 2.13. The molecule has 2 heteroatoms. The summed E-state index contributed by atoms with van der Waals surface area (Å²) in [5.74, 6) is 0.500. The van der Waals surface area contributed by atoms with Crippen LogP contribution in [-0.4, -0.2) is 11.0 Å². The first-order chi connectivity index (χ1) is 6.27. The monoisotopic (exact) mass is 176 g/mol. The summed E-state index contributed by atoms with van der Waals surface area (Å²) in [6, 6.07) is 6.53. The highest BCUT2D eigenvalue weighted by atomic mass is 14.8. The van der Waals surface area contributed by atoms with Gasteiger partial charge < -0.3 is 5.73 Å². The third-order valence-electron chi connectivity index (χ3n) is 2.86. The average molecular weight is 176 g/mol. The number of nitrogens with zero attached hydrogens (tertiary/aromatic N) is 1. The van der Waals surface area contributed by atoms with Crippen LogP contribution < -0.4 is 5.73 Å². The SMILES string of the molecule is Cc1cccc(C2CCCC2N)n1. The van der Waals surface area contributed by atoms with E-state index in [1.165, 1.54) is 18.5 Å². The van der Waals surface area contributed by atoms with Gasteiger partial charge in [-0.25, -0.2) is 0 Å². The summed E-state index contributed by atoms with van der Waals surface area (Å²) < 4.78 is 0. The summed E-state index contributed by atoms with van der Waals surface area (Å²) in [4.78, 5) is 4.53. The van der Waals surface area contributed by atoms with Gasteiger partial charge in [0, 0.05) is 23.3 Å². The summed E-state index contributed by atoms with van der Waals surface area (Å²) in [5.41, 5.74) is 8.30. The molecule has 0 bridgehead atoms. The number of rotatable bonds is 1. The van der Waals surface area contributed by atoms with Crippen molar-refractivity contribution in [1.29, 1.82) is 0 Å². The van der Waals surface area contributed by atoms with Gasteiger partial charge in [-0.1, -0.05) is 12.5 Å². The highest BCUT2D eigenvalue weighted by molar-refractivity contribution is 5.17. The molecule has 2 atom stereocenters. The summed E-state index contributed by atoms with van der Waals surface area (Å²) in [7, 11) is 0. The van der Waals surface area contributed by atoms with Crippen LogP contribution in [0.3, 0.4) is 0 Å². The highest BCUT2D eigenvalue weighted by Crippen LogP contribution is 2.32. The zero-order valence-electron chi connectivity index (χ0n) is 8.03. The zero-order valence-corrected chi connectivity index (χ0v) is 8.03. The Labute approximate surface area is 79.2 Å². The van der Waals surface area contributed by atoms with Crippen LogP contribution in [-0.2, 0) is 0 Å². The quantitative estimate of drug-likeness (QED) is 0.710. The predicted molar refractivity (Wildman–Crippen MR) is 53.5 cm³/mol. The lowest BCUT2D eigenvalue weighted by atomic mass is 9.99. The number of aromatic nitrogens is 1. The van der Waals surface area contributed by atoms with E-state index in [1.54, 1.807) is 0 Å². The number of aryl methyl sites for hydroxylation is 1. The summed E-state index contributed by atoms with van der Waals surface area (Å²) in [5, 5.41) is 0. The molecule has 70 valence electrons. The normalized spacial score (nSPS) is 27.8. The molecule has 0 saturated heterocycles. The minimum atomic E-state index is 0.328. The van der Waals surface area contributed by atoms with Crippen molar-refractivity contribution in [2.24, 2.45) is 5.73 Å². The number of pyridine rings is 1. The Hall–Kier alpha value is -0.890. The second-order valence-electron chi connectivity index (χ2n) is 3.91. The molecule has 0 aromatic carbocycles. The van der Waals surface area contributed by atoms with Gasteiger partial charge in [-0.3, -0.25) is 4.98 Å². The van der Waals surface area contributed by atoms with E-state index in [9.17, 15) is 0 Å². The molecule has 1 aromatic heterocycles. The first kappa shape index (κ1) is 8.70. The van der Waals surface area contributed by atoms with Crippen LogP contribution in [0.2, 0.25) is 0 Å². The van der Waals surface area contributed by atoms with E-state index in [0.717, 1.165) is 12.1 Å². The Bertz CT molecular complexity index is 296. The fraction of sp³-hybridized carbons (Fsp3) is 0.545. The van der Waals surface area contributed by atoms with Gasteiger partial charge in [0.1, 0.15) is 0 Å². The van der Waals surface area contributed by atoms with E-state index < -0.39 is 0 Å². The minimum absolute atomic E-state index is 0.328. The van der Waals surface area contributed by atoms with Crippen LogP contribution in [0.4, 0.5) is 0 Å². The van der Waals surface area contributed by atoms with E-state index in [1.807, 2.05) is 13.0 Å². The van der Waals surface area contributed by atoms with Gasteiger partial charge in [0.2, 0.25) is 0 Å². The third kappa shape index (κ3) is 1.73. The molecule has 1 aromatic rings. The lowest BCUT2D eigenvalue weighted by Crippen LogP contribution is -2.23. The number of hydrogen-bond acceptors (Lipinski definition) is 2. The first-order valence-corrected chi connectivity index (χ1v) is 4.96. The lowest BCUT2D eigenvalue weighted by molar-refractivity contribution is 0.597. The molecule has 0 amide bonds. The van der Waals surface area contributed by atoms with E-state index in [2.05, 4.69) is 17.1 Å². The number of nitrogens with two attached hydrogens (primary N) is 1. The maximum atomic E-state index is 6.02. The predicted octanol–water partition coefficient (Wildman–Crippen LogP) is 1.98. The van der Waals surface area contributed by atoms with Gasteiger partial charge in [-0.05, 0) is 31.9 Å². The Morgan fingerprint density at radius 1 is 1.38 bits per heavy atom. The average Bonchev–Trinajstić information content (AvgIpc) is 2.51. The Morgan fingerprint density at radius 2 is 2.23 bits per heavy atom. The van der Waals surface area contributed by atoms with Gasteiger partial charge in [0.15, 0.2) is 0 Å². The third-order valence-corrected chi connectivity index (χ3v) is 2.86. The highest BCUT2D eigenvalue weighted by Gasteiger charge is 2.26. The Morgan fingerprint density at radius 3 is 2.85 bits per heavy atom. The second-order valence-corrected chi connectivity index (χ2v) is 3.91. The van der Waals surface area contributed by atoms with Crippen molar-refractivity contribution in [2.75, 3.05) is 0 Å².